The molecule has 0 N–H and O–H groups in total. The molecular formula is C12H15BrFNOS. The second kappa shape index (κ2) is 6.40. The van der Waals surface area contributed by atoms with Crippen LogP contribution in [0.2, 0.25) is 0 Å². The molecular weight excluding hydrogens is 305 g/mol. The molecule has 0 spiro atoms. The molecule has 0 aliphatic carbocycles. The van der Waals surface area contributed by atoms with Crippen molar-refractivity contribution in [3.8, 4) is 0 Å². The van der Waals surface area contributed by atoms with Crippen molar-refractivity contribution in [2.24, 2.45) is 4.40 Å². The molecule has 1 aromatic rings. The predicted octanol–water partition coefficient (Wildman–Crippen LogP) is 3.86. The molecule has 94 valence electrons. The zero-order valence-corrected chi connectivity index (χ0v) is 12.4. The van der Waals surface area contributed by atoms with Crippen LogP contribution in [0.5, 0.6) is 0 Å². The molecule has 0 saturated carbocycles. The summed E-state index contributed by atoms with van der Waals surface area (Å²) in [5.41, 5.74) is 0.846. The van der Waals surface area contributed by atoms with Crippen molar-refractivity contribution in [2.45, 2.75) is 32.4 Å². The van der Waals surface area contributed by atoms with Crippen molar-refractivity contribution in [3.05, 3.63) is 34.1 Å². The second-order valence-electron chi connectivity index (χ2n) is 3.77. The summed E-state index contributed by atoms with van der Waals surface area (Å²) < 4.78 is 29.9. The highest BCUT2D eigenvalue weighted by Crippen LogP contribution is 2.19. The molecule has 2 atom stereocenters. The number of rotatable bonds is 4. The highest BCUT2D eigenvalue weighted by atomic mass is 79.9. The van der Waals surface area contributed by atoms with E-state index in [1.54, 1.807) is 25.1 Å². The summed E-state index contributed by atoms with van der Waals surface area (Å²) in [5.74, 6) is -0.366. The molecule has 1 rings (SSSR count). The van der Waals surface area contributed by atoms with Crippen LogP contribution in [0.15, 0.2) is 27.1 Å². The SMILES string of the molecule is CC[C@@H](C)S(=O)N=C(C)c1cccc(Br)c1F. The van der Waals surface area contributed by atoms with Crippen molar-refractivity contribution in [1.82, 2.24) is 0 Å². The Morgan fingerprint density at radius 3 is 2.82 bits per heavy atom. The fraction of sp³-hybridized carbons (Fsp3) is 0.417. The number of halogens is 2. The lowest BCUT2D eigenvalue weighted by Crippen LogP contribution is -2.09. The minimum absolute atomic E-state index is 0.0137. The van der Waals surface area contributed by atoms with E-state index in [1.165, 1.54) is 0 Å². The van der Waals surface area contributed by atoms with E-state index in [-0.39, 0.29) is 11.1 Å². The molecule has 0 saturated heterocycles. The number of nitrogens with zero attached hydrogens (tertiary/aromatic N) is 1. The fourth-order valence-corrected chi connectivity index (χ4v) is 2.40. The third-order valence-corrected chi connectivity index (χ3v) is 4.58. The first-order valence-corrected chi connectivity index (χ1v) is 7.34. The largest absolute Gasteiger partial charge is 0.235 e. The molecule has 0 radical (unpaired) electrons. The average Bonchev–Trinajstić information content (AvgIpc) is 2.31. The lowest BCUT2D eigenvalue weighted by Gasteiger charge is -2.07. The molecule has 1 aromatic carbocycles. The van der Waals surface area contributed by atoms with Crippen molar-refractivity contribution in [1.29, 1.82) is 0 Å². The highest BCUT2D eigenvalue weighted by molar-refractivity contribution is 9.10. The van der Waals surface area contributed by atoms with E-state index in [0.29, 0.717) is 15.7 Å². The Morgan fingerprint density at radius 2 is 2.24 bits per heavy atom. The Labute approximate surface area is 112 Å². The van der Waals surface area contributed by atoms with Crippen LogP contribution >= 0.6 is 15.9 Å². The summed E-state index contributed by atoms with van der Waals surface area (Å²) in [7, 11) is -1.30. The Balaban J connectivity index is 3.04. The van der Waals surface area contributed by atoms with Crippen LogP contribution in [-0.2, 0) is 11.0 Å². The quantitative estimate of drug-likeness (QED) is 0.775. The molecule has 0 amide bonds. The molecule has 0 bridgehead atoms. The van der Waals surface area contributed by atoms with E-state index in [4.69, 9.17) is 0 Å². The van der Waals surface area contributed by atoms with Gasteiger partial charge in [-0.2, -0.15) is 4.40 Å². The van der Waals surface area contributed by atoms with Gasteiger partial charge in [0, 0.05) is 5.56 Å². The molecule has 0 fully saturated rings. The standard InChI is InChI=1S/C12H15BrFNOS/c1-4-8(2)17(16)15-9(3)10-6-5-7-11(13)12(10)14/h5-8H,4H2,1-3H3/t8-,17?/m1/s1. The molecule has 0 aromatic heterocycles. The first-order valence-electron chi connectivity index (χ1n) is 5.37. The number of benzene rings is 1. The van der Waals surface area contributed by atoms with Gasteiger partial charge in [0.25, 0.3) is 0 Å². The van der Waals surface area contributed by atoms with Crippen LogP contribution in [0.25, 0.3) is 0 Å². The third kappa shape index (κ3) is 3.71. The van der Waals surface area contributed by atoms with Crippen LogP contribution in [-0.4, -0.2) is 15.2 Å². The lowest BCUT2D eigenvalue weighted by molar-refractivity contribution is 0.618. The van der Waals surface area contributed by atoms with Gasteiger partial charge in [-0.3, -0.25) is 0 Å². The van der Waals surface area contributed by atoms with Gasteiger partial charge in [-0.15, -0.1) is 0 Å². The van der Waals surface area contributed by atoms with Gasteiger partial charge in [0.2, 0.25) is 0 Å². The zero-order valence-electron chi connectivity index (χ0n) is 10.0. The van der Waals surface area contributed by atoms with Crippen LogP contribution in [0.4, 0.5) is 4.39 Å². The minimum atomic E-state index is -1.30. The molecule has 0 aliphatic rings. The van der Waals surface area contributed by atoms with Crippen LogP contribution in [0, 0.1) is 5.82 Å². The monoisotopic (exact) mass is 319 g/mol. The van der Waals surface area contributed by atoms with Gasteiger partial charge >= 0.3 is 0 Å². The zero-order chi connectivity index (χ0) is 13.0. The maximum atomic E-state index is 13.8. The minimum Gasteiger partial charge on any atom is -0.235 e. The number of hydrogen-bond acceptors (Lipinski definition) is 1. The summed E-state index contributed by atoms with van der Waals surface area (Å²) in [6.07, 6.45) is 0.782. The predicted molar refractivity (Wildman–Crippen MR) is 74.2 cm³/mol. The van der Waals surface area contributed by atoms with Crippen molar-refractivity contribution < 1.29 is 8.60 Å². The summed E-state index contributed by atoms with van der Waals surface area (Å²) in [5, 5.41) is -0.0137. The van der Waals surface area contributed by atoms with Crippen LogP contribution in [0.3, 0.4) is 0 Å². The van der Waals surface area contributed by atoms with Crippen molar-refractivity contribution in [3.63, 3.8) is 0 Å². The maximum absolute atomic E-state index is 13.8. The Hall–Kier alpha value is -0.550. The molecule has 5 heteroatoms. The lowest BCUT2D eigenvalue weighted by atomic mass is 10.1. The van der Waals surface area contributed by atoms with E-state index < -0.39 is 11.0 Å². The fourth-order valence-electron chi connectivity index (χ4n) is 1.20. The first-order chi connectivity index (χ1) is 7.97. The van der Waals surface area contributed by atoms with Gasteiger partial charge in [-0.05, 0) is 42.3 Å². The van der Waals surface area contributed by atoms with Gasteiger partial charge in [0.05, 0.1) is 15.4 Å². The van der Waals surface area contributed by atoms with Crippen LogP contribution < -0.4 is 0 Å². The van der Waals surface area contributed by atoms with E-state index in [1.807, 2.05) is 13.8 Å². The normalized spacial score (nSPS) is 15.7. The van der Waals surface area contributed by atoms with Gasteiger partial charge < -0.3 is 0 Å². The maximum Gasteiger partial charge on any atom is 0.146 e. The summed E-state index contributed by atoms with van der Waals surface area (Å²) >= 11 is 3.12. The van der Waals surface area contributed by atoms with E-state index in [2.05, 4.69) is 20.3 Å². The van der Waals surface area contributed by atoms with E-state index in [0.717, 1.165) is 6.42 Å². The molecule has 0 aliphatic heterocycles. The molecule has 0 heterocycles. The second-order valence-corrected chi connectivity index (χ2v) is 6.17. The molecule has 17 heavy (non-hydrogen) atoms. The average molecular weight is 320 g/mol. The summed E-state index contributed by atoms with van der Waals surface area (Å²) in [6.45, 7) is 5.49. The third-order valence-electron chi connectivity index (χ3n) is 2.49. The van der Waals surface area contributed by atoms with Gasteiger partial charge in [-0.1, -0.05) is 19.1 Å². The smallest absolute Gasteiger partial charge is 0.146 e. The first kappa shape index (κ1) is 14.5. The van der Waals surface area contributed by atoms with Crippen LogP contribution in [0.1, 0.15) is 32.8 Å². The van der Waals surface area contributed by atoms with Gasteiger partial charge in [0.1, 0.15) is 16.8 Å². The summed E-state index contributed by atoms with van der Waals surface area (Å²) in [6, 6.07) is 4.98. The highest BCUT2D eigenvalue weighted by Gasteiger charge is 2.12. The van der Waals surface area contributed by atoms with Gasteiger partial charge in [0.15, 0.2) is 0 Å². The Morgan fingerprint density at radius 1 is 1.59 bits per heavy atom. The topological polar surface area (TPSA) is 29.4 Å². The summed E-state index contributed by atoms with van der Waals surface area (Å²) in [4.78, 5) is 0. The van der Waals surface area contributed by atoms with Crippen molar-refractivity contribution >= 4 is 32.6 Å². The Kier molecular flexibility index (Phi) is 5.46. The van der Waals surface area contributed by atoms with E-state index in [9.17, 15) is 8.60 Å². The van der Waals surface area contributed by atoms with Crippen molar-refractivity contribution in [2.75, 3.05) is 0 Å². The molecule has 1 unspecified atom stereocenters. The Bertz CT molecular complexity index is 462. The van der Waals surface area contributed by atoms with E-state index >= 15 is 0 Å². The molecule has 2 nitrogen and oxygen atoms in total. The number of hydrogen-bond donors (Lipinski definition) is 0. The van der Waals surface area contributed by atoms with Gasteiger partial charge in [-0.25, -0.2) is 8.60 Å².